The Hall–Kier alpha value is -3.09. The maximum absolute atomic E-state index is 11.9. The number of aromatic nitrogens is 4. The summed E-state index contributed by atoms with van der Waals surface area (Å²) in [6, 6.07) is 11.3. The zero-order chi connectivity index (χ0) is 16.1. The van der Waals surface area contributed by atoms with Crippen LogP contribution in [-0.2, 0) is 17.8 Å². The van der Waals surface area contributed by atoms with E-state index >= 15 is 0 Å². The topological polar surface area (TPSA) is 101 Å². The first kappa shape index (κ1) is 14.8. The van der Waals surface area contributed by atoms with Gasteiger partial charge >= 0.3 is 0 Å². The second kappa shape index (κ2) is 6.78. The molecule has 0 saturated carbocycles. The smallest absolute Gasteiger partial charge is 0.260 e. The van der Waals surface area contributed by atoms with Crippen molar-refractivity contribution in [2.75, 3.05) is 0 Å². The third-order valence-electron chi connectivity index (χ3n) is 3.38. The first-order chi connectivity index (χ1) is 11.2. The average molecular weight is 309 g/mol. The third kappa shape index (κ3) is 3.76. The minimum Gasteiger partial charge on any atom is -0.349 e. The van der Waals surface area contributed by atoms with Gasteiger partial charge in [0.1, 0.15) is 5.82 Å². The van der Waals surface area contributed by atoms with Crippen molar-refractivity contribution in [3.05, 3.63) is 64.3 Å². The molecule has 0 bridgehead atoms. The Labute approximate surface area is 131 Å². The van der Waals surface area contributed by atoms with E-state index in [0.717, 1.165) is 5.56 Å². The van der Waals surface area contributed by atoms with Crippen molar-refractivity contribution in [1.29, 1.82) is 0 Å². The van der Waals surface area contributed by atoms with Crippen LogP contribution in [0, 0.1) is 0 Å². The highest BCUT2D eigenvalue weighted by atomic mass is 16.1. The Morgan fingerprint density at radius 3 is 2.83 bits per heavy atom. The Balaban J connectivity index is 1.60. The van der Waals surface area contributed by atoms with Crippen LogP contribution in [0.1, 0.15) is 17.8 Å². The van der Waals surface area contributed by atoms with Crippen LogP contribution >= 0.6 is 0 Å². The number of benzene rings is 1. The van der Waals surface area contributed by atoms with Crippen molar-refractivity contribution in [3.8, 4) is 0 Å². The number of rotatable bonds is 5. The first-order valence-corrected chi connectivity index (χ1v) is 7.23. The molecule has 7 heteroatoms. The Morgan fingerprint density at radius 2 is 2.00 bits per heavy atom. The number of H-pyrrole nitrogens is 1. The number of fused-ring (bicyclic) bond motifs is 1. The van der Waals surface area contributed by atoms with E-state index in [0.29, 0.717) is 24.1 Å². The van der Waals surface area contributed by atoms with Crippen LogP contribution in [0.2, 0.25) is 0 Å². The lowest BCUT2D eigenvalue weighted by molar-refractivity contribution is -0.121. The third-order valence-corrected chi connectivity index (χ3v) is 3.38. The molecule has 0 fully saturated rings. The van der Waals surface area contributed by atoms with Gasteiger partial charge < -0.3 is 10.3 Å². The number of carbonyl (C=O) groups excluding carboxylic acids is 1. The summed E-state index contributed by atoms with van der Waals surface area (Å²) in [5.41, 5.74) is 1.08. The monoisotopic (exact) mass is 309 g/mol. The minimum absolute atomic E-state index is 0.101. The van der Waals surface area contributed by atoms with Crippen LogP contribution < -0.4 is 10.9 Å². The van der Waals surface area contributed by atoms with Gasteiger partial charge in [0.15, 0.2) is 5.65 Å². The average Bonchev–Trinajstić information content (AvgIpc) is 2.59. The van der Waals surface area contributed by atoms with E-state index in [4.69, 9.17) is 0 Å². The molecule has 0 spiro atoms. The van der Waals surface area contributed by atoms with Gasteiger partial charge in [0.25, 0.3) is 5.56 Å². The Bertz CT molecular complexity index is 876. The van der Waals surface area contributed by atoms with Gasteiger partial charge in [-0.3, -0.25) is 9.59 Å². The van der Waals surface area contributed by atoms with Crippen molar-refractivity contribution in [1.82, 2.24) is 25.5 Å². The van der Waals surface area contributed by atoms with Crippen molar-refractivity contribution < 1.29 is 4.79 Å². The summed E-state index contributed by atoms with van der Waals surface area (Å²) in [4.78, 5) is 30.6. The van der Waals surface area contributed by atoms with Crippen molar-refractivity contribution in [3.63, 3.8) is 0 Å². The molecule has 0 unspecified atom stereocenters. The van der Waals surface area contributed by atoms with E-state index in [9.17, 15) is 9.59 Å². The maximum atomic E-state index is 11.9. The predicted octanol–water partition coefficient (Wildman–Crippen LogP) is 0.962. The number of aryl methyl sites for hydroxylation is 1. The van der Waals surface area contributed by atoms with Gasteiger partial charge in [-0.1, -0.05) is 30.3 Å². The Morgan fingerprint density at radius 1 is 1.17 bits per heavy atom. The molecule has 3 rings (SSSR count). The molecule has 2 N–H and O–H groups in total. The van der Waals surface area contributed by atoms with Gasteiger partial charge in [-0.05, 0) is 18.1 Å². The van der Waals surface area contributed by atoms with Crippen molar-refractivity contribution in [2.24, 2.45) is 0 Å². The molecule has 1 aromatic carbocycles. The van der Waals surface area contributed by atoms with Crippen LogP contribution in [0.5, 0.6) is 0 Å². The largest absolute Gasteiger partial charge is 0.349 e. The summed E-state index contributed by atoms with van der Waals surface area (Å²) in [5, 5.41) is 10.6. The van der Waals surface area contributed by atoms with Crippen LogP contribution in [-0.4, -0.2) is 26.1 Å². The van der Waals surface area contributed by atoms with Crippen molar-refractivity contribution in [2.45, 2.75) is 19.4 Å². The van der Waals surface area contributed by atoms with Crippen LogP contribution in [0.15, 0.2) is 47.4 Å². The summed E-state index contributed by atoms with van der Waals surface area (Å²) < 4.78 is 0. The molecule has 0 atom stereocenters. The molecule has 116 valence electrons. The summed E-state index contributed by atoms with van der Waals surface area (Å²) >= 11 is 0. The molecule has 0 saturated heterocycles. The second-order valence-corrected chi connectivity index (χ2v) is 5.04. The first-order valence-electron chi connectivity index (χ1n) is 7.23. The zero-order valence-electron chi connectivity index (χ0n) is 12.3. The lowest BCUT2D eigenvalue weighted by Crippen LogP contribution is -2.26. The molecule has 2 heterocycles. The number of hydrogen-bond acceptors (Lipinski definition) is 5. The number of carbonyl (C=O) groups is 1. The van der Waals surface area contributed by atoms with Crippen LogP contribution in [0.25, 0.3) is 11.0 Å². The molecular formula is C16H15N5O2. The number of nitrogens with one attached hydrogen (secondary N) is 2. The second-order valence-electron chi connectivity index (χ2n) is 5.04. The summed E-state index contributed by atoms with van der Waals surface area (Å²) in [7, 11) is 0. The lowest BCUT2D eigenvalue weighted by atomic mass is 10.1. The lowest BCUT2D eigenvalue weighted by Gasteiger charge is -2.05. The SMILES string of the molecule is O=C(CCc1ccccc1)NCc1nc2nnccc2c(=O)[nH]1. The predicted molar refractivity (Wildman–Crippen MR) is 84.6 cm³/mol. The van der Waals surface area contributed by atoms with Gasteiger partial charge in [-0.25, -0.2) is 4.98 Å². The van der Waals surface area contributed by atoms with E-state index in [1.54, 1.807) is 6.07 Å². The molecule has 0 radical (unpaired) electrons. The number of aromatic amines is 1. The van der Waals surface area contributed by atoms with E-state index < -0.39 is 0 Å². The minimum atomic E-state index is -0.293. The fraction of sp³-hybridized carbons (Fsp3) is 0.188. The highest BCUT2D eigenvalue weighted by Gasteiger charge is 2.07. The molecular weight excluding hydrogens is 294 g/mol. The number of nitrogens with zero attached hydrogens (tertiary/aromatic N) is 3. The molecule has 23 heavy (non-hydrogen) atoms. The quantitative estimate of drug-likeness (QED) is 0.731. The van der Waals surface area contributed by atoms with Gasteiger partial charge in [0, 0.05) is 6.42 Å². The van der Waals surface area contributed by atoms with Crippen LogP contribution in [0.3, 0.4) is 0 Å². The molecule has 1 amide bonds. The molecule has 0 aliphatic rings. The maximum Gasteiger partial charge on any atom is 0.260 e. The summed E-state index contributed by atoms with van der Waals surface area (Å²) in [6.07, 6.45) is 2.48. The molecule has 0 aliphatic carbocycles. The molecule has 2 aromatic heterocycles. The van der Waals surface area contributed by atoms with Gasteiger partial charge in [-0.15, -0.1) is 5.10 Å². The highest BCUT2D eigenvalue weighted by molar-refractivity contribution is 5.76. The number of hydrogen-bond donors (Lipinski definition) is 2. The zero-order valence-corrected chi connectivity index (χ0v) is 12.3. The molecule has 0 aliphatic heterocycles. The number of amides is 1. The van der Waals surface area contributed by atoms with E-state index in [1.807, 2.05) is 30.3 Å². The van der Waals surface area contributed by atoms with Gasteiger partial charge in [-0.2, -0.15) is 5.10 Å². The fourth-order valence-electron chi connectivity index (χ4n) is 2.20. The summed E-state index contributed by atoms with van der Waals surface area (Å²) in [6.45, 7) is 0.148. The van der Waals surface area contributed by atoms with Gasteiger partial charge in [0.05, 0.1) is 18.1 Å². The fourth-order valence-corrected chi connectivity index (χ4v) is 2.20. The molecule has 7 nitrogen and oxygen atoms in total. The van der Waals surface area contributed by atoms with Crippen LogP contribution in [0.4, 0.5) is 0 Å². The Kier molecular flexibility index (Phi) is 4.37. The molecule has 3 aromatic rings. The summed E-state index contributed by atoms with van der Waals surface area (Å²) in [5.74, 6) is 0.256. The normalized spacial score (nSPS) is 10.6. The van der Waals surface area contributed by atoms with Gasteiger partial charge in [0.2, 0.25) is 5.91 Å². The van der Waals surface area contributed by atoms with E-state index in [-0.39, 0.29) is 23.7 Å². The van der Waals surface area contributed by atoms with Crippen molar-refractivity contribution >= 4 is 16.9 Å². The standard InChI is InChI=1S/C16H15N5O2/c22-14(7-6-11-4-2-1-3-5-11)17-10-13-19-15-12(16(23)20-13)8-9-18-21-15/h1-5,8-9H,6-7,10H2,(H,17,22)(H,19,20,21,23). The highest BCUT2D eigenvalue weighted by Crippen LogP contribution is 2.03. The van der Waals surface area contributed by atoms with E-state index in [1.165, 1.54) is 6.20 Å². The van der Waals surface area contributed by atoms with E-state index in [2.05, 4.69) is 25.5 Å².